The number of hydrogen-bond donors (Lipinski definition) is 1. The lowest BCUT2D eigenvalue weighted by atomic mass is 10.6. The molecule has 0 spiro atoms. The first-order chi connectivity index (χ1) is 4.77. The highest BCUT2D eigenvalue weighted by Gasteiger charge is 1.86. The first-order valence-electron chi connectivity index (χ1n) is 3.39. The minimum Gasteiger partial charge on any atom is -0.380 e. The van der Waals surface area contributed by atoms with Crippen molar-refractivity contribution in [1.29, 1.82) is 0 Å². The Kier molecular flexibility index (Phi) is 7.35. The Morgan fingerprint density at radius 1 is 1.70 bits per heavy atom. The molecule has 60 valence electrons. The van der Waals surface area contributed by atoms with Crippen molar-refractivity contribution in [2.24, 2.45) is 0 Å². The summed E-state index contributed by atoms with van der Waals surface area (Å²) in [7, 11) is 0. The minimum absolute atomic E-state index is 0.775. The Balaban J connectivity index is 2.84. The summed E-state index contributed by atoms with van der Waals surface area (Å²) in [5.74, 6) is 0. The molecule has 2 nitrogen and oxygen atoms in total. The highest BCUT2D eigenvalue weighted by atomic mass is 79.9. The van der Waals surface area contributed by atoms with E-state index in [2.05, 4.69) is 27.8 Å². The van der Waals surface area contributed by atoms with Gasteiger partial charge in [0.15, 0.2) is 0 Å². The van der Waals surface area contributed by atoms with Crippen molar-refractivity contribution in [2.75, 3.05) is 26.3 Å². The average molecular weight is 208 g/mol. The molecule has 0 aromatic carbocycles. The minimum atomic E-state index is 0.775. The van der Waals surface area contributed by atoms with E-state index in [-0.39, 0.29) is 0 Å². The van der Waals surface area contributed by atoms with Gasteiger partial charge < -0.3 is 10.1 Å². The summed E-state index contributed by atoms with van der Waals surface area (Å²) in [5.41, 5.74) is 0. The number of ether oxygens (including phenoxy) is 1. The fourth-order valence-corrected chi connectivity index (χ4v) is 0.711. The third-order valence-corrected chi connectivity index (χ3v) is 1.22. The summed E-state index contributed by atoms with van der Waals surface area (Å²) in [4.78, 5) is 0. The standard InChI is InChI=1S/C7H14BrNO/c1-3-10-5-4-9-6-7(2)8/h9H,2-6H2,1H3. The van der Waals surface area contributed by atoms with Gasteiger partial charge in [0.2, 0.25) is 0 Å². The van der Waals surface area contributed by atoms with Crippen molar-refractivity contribution in [3.63, 3.8) is 0 Å². The molecule has 0 radical (unpaired) electrons. The van der Waals surface area contributed by atoms with Gasteiger partial charge in [0, 0.05) is 24.2 Å². The summed E-state index contributed by atoms with van der Waals surface area (Å²) >= 11 is 3.25. The largest absolute Gasteiger partial charge is 0.380 e. The van der Waals surface area contributed by atoms with E-state index in [0.29, 0.717) is 0 Å². The second kappa shape index (κ2) is 7.25. The lowest BCUT2D eigenvalue weighted by Crippen LogP contribution is -2.20. The Bertz CT molecular complexity index is 95.6. The van der Waals surface area contributed by atoms with E-state index in [0.717, 1.165) is 30.8 Å². The van der Waals surface area contributed by atoms with Crippen LogP contribution in [0.25, 0.3) is 0 Å². The van der Waals surface area contributed by atoms with Gasteiger partial charge in [0.25, 0.3) is 0 Å². The van der Waals surface area contributed by atoms with Gasteiger partial charge in [0.05, 0.1) is 6.61 Å². The first kappa shape index (κ1) is 10.1. The van der Waals surface area contributed by atoms with Crippen molar-refractivity contribution in [3.05, 3.63) is 11.1 Å². The SMILES string of the molecule is C=C(Br)CNCCOCC. The van der Waals surface area contributed by atoms with Crippen LogP contribution in [0.1, 0.15) is 6.92 Å². The smallest absolute Gasteiger partial charge is 0.0590 e. The zero-order chi connectivity index (χ0) is 7.82. The van der Waals surface area contributed by atoms with Gasteiger partial charge in [-0.05, 0) is 6.92 Å². The fraction of sp³-hybridized carbons (Fsp3) is 0.714. The molecule has 0 bridgehead atoms. The molecule has 0 unspecified atom stereocenters. The van der Waals surface area contributed by atoms with E-state index in [4.69, 9.17) is 4.74 Å². The third kappa shape index (κ3) is 8.14. The quantitative estimate of drug-likeness (QED) is 0.668. The molecular weight excluding hydrogens is 194 g/mol. The van der Waals surface area contributed by atoms with E-state index >= 15 is 0 Å². The molecule has 0 aliphatic heterocycles. The second-order valence-electron chi connectivity index (χ2n) is 1.89. The van der Waals surface area contributed by atoms with E-state index in [9.17, 15) is 0 Å². The summed E-state index contributed by atoms with van der Waals surface area (Å²) in [6, 6.07) is 0. The average Bonchev–Trinajstić information content (AvgIpc) is 1.87. The Morgan fingerprint density at radius 3 is 2.90 bits per heavy atom. The van der Waals surface area contributed by atoms with Crippen LogP contribution in [0, 0.1) is 0 Å². The molecule has 1 N–H and O–H groups in total. The molecule has 0 aliphatic carbocycles. The lowest BCUT2D eigenvalue weighted by Gasteiger charge is -2.02. The van der Waals surface area contributed by atoms with Crippen molar-refractivity contribution in [3.8, 4) is 0 Å². The second-order valence-corrected chi connectivity index (χ2v) is 3.01. The van der Waals surface area contributed by atoms with Gasteiger partial charge in [-0.25, -0.2) is 0 Å². The van der Waals surface area contributed by atoms with Gasteiger partial charge in [0.1, 0.15) is 0 Å². The van der Waals surface area contributed by atoms with E-state index in [1.165, 1.54) is 0 Å². The topological polar surface area (TPSA) is 21.3 Å². The summed E-state index contributed by atoms with van der Waals surface area (Å²) in [6.07, 6.45) is 0. The molecule has 0 rings (SSSR count). The number of rotatable bonds is 6. The van der Waals surface area contributed by atoms with Gasteiger partial charge >= 0.3 is 0 Å². The van der Waals surface area contributed by atoms with E-state index in [1.54, 1.807) is 0 Å². The van der Waals surface area contributed by atoms with Crippen LogP contribution in [0.3, 0.4) is 0 Å². The van der Waals surface area contributed by atoms with Crippen LogP contribution in [0.5, 0.6) is 0 Å². The highest BCUT2D eigenvalue weighted by Crippen LogP contribution is 1.95. The Labute approximate surface area is 70.8 Å². The Hall–Kier alpha value is 0.140. The van der Waals surface area contributed by atoms with Crippen LogP contribution >= 0.6 is 15.9 Å². The van der Waals surface area contributed by atoms with Gasteiger partial charge in [-0.2, -0.15) is 0 Å². The molecule has 0 fully saturated rings. The highest BCUT2D eigenvalue weighted by molar-refractivity contribution is 9.11. The molecule has 10 heavy (non-hydrogen) atoms. The summed E-state index contributed by atoms with van der Waals surface area (Å²) in [5, 5.41) is 3.15. The van der Waals surface area contributed by atoms with Gasteiger partial charge in [-0.15, -0.1) is 0 Å². The maximum atomic E-state index is 5.11. The predicted octanol–water partition coefficient (Wildman–Crippen LogP) is 1.52. The molecule has 0 amide bonds. The van der Waals surface area contributed by atoms with E-state index in [1.807, 2.05) is 6.92 Å². The molecule has 0 aromatic heterocycles. The van der Waals surface area contributed by atoms with E-state index < -0.39 is 0 Å². The van der Waals surface area contributed by atoms with Gasteiger partial charge in [-0.3, -0.25) is 0 Å². The zero-order valence-corrected chi connectivity index (χ0v) is 7.91. The molecule has 3 heteroatoms. The van der Waals surface area contributed by atoms with Crippen LogP contribution in [0.4, 0.5) is 0 Å². The summed E-state index contributed by atoms with van der Waals surface area (Å²) < 4.78 is 6.08. The molecular formula is C7H14BrNO. The number of nitrogens with one attached hydrogen (secondary N) is 1. The molecule has 0 aliphatic rings. The predicted molar refractivity (Wildman–Crippen MR) is 47.4 cm³/mol. The lowest BCUT2D eigenvalue weighted by molar-refractivity contribution is 0.150. The fourth-order valence-electron chi connectivity index (χ4n) is 0.513. The van der Waals surface area contributed by atoms with Crippen molar-refractivity contribution >= 4 is 15.9 Å². The monoisotopic (exact) mass is 207 g/mol. The van der Waals surface area contributed by atoms with Crippen molar-refractivity contribution in [1.82, 2.24) is 5.32 Å². The molecule has 0 saturated carbocycles. The van der Waals surface area contributed by atoms with Crippen LogP contribution in [0.15, 0.2) is 11.1 Å². The van der Waals surface area contributed by atoms with Crippen LogP contribution in [-0.4, -0.2) is 26.3 Å². The first-order valence-corrected chi connectivity index (χ1v) is 4.18. The van der Waals surface area contributed by atoms with Gasteiger partial charge in [-0.1, -0.05) is 22.5 Å². The normalized spacial score (nSPS) is 9.80. The van der Waals surface area contributed by atoms with Crippen LogP contribution in [0.2, 0.25) is 0 Å². The summed E-state index contributed by atoms with van der Waals surface area (Å²) in [6.45, 7) is 8.94. The molecule has 0 saturated heterocycles. The van der Waals surface area contributed by atoms with Crippen molar-refractivity contribution in [2.45, 2.75) is 6.92 Å². The molecule has 0 atom stereocenters. The molecule has 0 aromatic rings. The maximum absolute atomic E-state index is 5.11. The number of hydrogen-bond acceptors (Lipinski definition) is 2. The molecule has 0 heterocycles. The zero-order valence-electron chi connectivity index (χ0n) is 6.32. The third-order valence-electron chi connectivity index (χ3n) is 0.944. The van der Waals surface area contributed by atoms with Crippen molar-refractivity contribution < 1.29 is 4.74 Å². The number of halogens is 1. The Morgan fingerprint density at radius 2 is 2.40 bits per heavy atom. The van der Waals surface area contributed by atoms with Crippen LogP contribution in [-0.2, 0) is 4.74 Å². The maximum Gasteiger partial charge on any atom is 0.0590 e. The van der Waals surface area contributed by atoms with Crippen LogP contribution < -0.4 is 5.32 Å².